The standard InChI is InChI=1S/C16H24BrNOS/c1-12(2)10-18-11-13-3-4-15(9-16(13)17)20-14-5-7-19-8-6-14/h3-4,9,12,14,18H,5-8,10-11H2,1-2H3. The summed E-state index contributed by atoms with van der Waals surface area (Å²) in [6, 6.07) is 6.74. The van der Waals surface area contributed by atoms with Gasteiger partial charge in [-0.05, 0) is 43.0 Å². The third-order valence-corrected chi connectivity index (χ3v) is 5.43. The van der Waals surface area contributed by atoms with Crippen LogP contribution in [-0.4, -0.2) is 25.0 Å². The van der Waals surface area contributed by atoms with Crippen LogP contribution >= 0.6 is 27.7 Å². The summed E-state index contributed by atoms with van der Waals surface area (Å²) >= 11 is 5.69. The van der Waals surface area contributed by atoms with Crippen molar-refractivity contribution >= 4 is 27.7 Å². The van der Waals surface area contributed by atoms with Crippen molar-refractivity contribution in [1.82, 2.24) is 5.32 Å². The molecule has 0 radical (unpaired) electrons. The van der Waals surface area contributed by atoms with Gasteiger partial charge in [0, 0.05) is 34.4 Å². The lowest BCUT2D eigenvalue weighted by Crippen LogP contribution is -2.19. The highest BCUT2D eigenvalue weighted by molar-refractivity contribution is 9.10. The van der Waals surface area contributed by atoms with Crippen molar-refractivity contribution in [3.8, 4) is 0 Å². The second kappa shape index (κ2) is 8.42. The number of thioether (sulfide) groups is 1. The predicted molar refractivity (Wildman–Crippen MR) is 90.4 cm³/mol. The normalized spacial score (nSPS) is 16.8. The van der Waals surface area contributed by atoms with E-state index in [0.29, 0.717) is 11.2 Å². The molecule has 0 unspecified atom stereocenters. The van der Waals surface area contributed by atoms with Gasteiger partial charge in [-0.1, -0.05) is 35.8 Å². The van der Waals surface area contributed by atoms with Crippen LogP contribution in [0.4, 0.5) is 0 Å². The third kappa shape index (κ3) is 5.40. The third-order valence-electron chi connectivity index (χ3n) is 3.36. The molecule has 1 fully saturated rings. The molecule has 4 heteroatoms. The number of benzene rings is 1. The van der Waals surface area contributed by atoms with Gasteiger partial charge in [0.15, 0.2) is 0 Å². The maximum atomic E-state index is 5.41. The van der Waals surface area contributed by atoms with Crippen LogP contribution in [0.25, 0.3) is 0 Å². The molecule has 1 aliphatic rings. The number of ether oxygens (including phenoxy) is 1. The van der Waals surface area contributed by atoms with Gasteiger partial charge in [0.2, 0.25) is 0 Å². The van der Waals surface area contributed by atoms with Crippen LogP contribution in [0.3, 0.4) is 0 Å². The van der Waals surface area contributed by atoms with E-state index in [1.54, 1.807) is 0 Å². The van der Waals surface area contributed by atoms with Gasteiger partial charge in [0.05, 0.1) is 0 Å². The topological polar surface area (TPSA) is 21.3 Å². The van der Waals surface area contributed by atoms with E-state index in [1.807, 2.05) is 11.8 Å². The highest BCUT2D eigenvalue weighted by Crippen LogP contribution is 2.32. The zero-order valence-corrected chi connectivity index (χ0v) is 14.7. The molecule has 1 N–H and O–H groups in total. The number of hydrogen-bond donors (Lipinski definition) is 1. The second-order valence-electron chi connectivity index (χ2n) is 5.71. The van der Waals surface area contributed by atoms with E-state index in [0.717, 1.165) is 26.3 Å². The van der Waals surface area contributed by atoms with E-state index in [4.69, 9.17) is 4.74 Å². The van der Waals surface area contributed by atoms with Crippen LogP contribution in [0.5, 0.6) is 0 Å². The summed E-state index contributed by atoms with van der Waals surface area (Å²) in [6.45, 7) is 8.28. The Labute approximate surface area is 135 Å². The van der Waals surface area contributed by atoms with E-state index in [2.05, 4.69) is 53.3 Å². The van der Waals surface area contributed by atoms with Gasteiger partial charge in [-0.2, -0.15) is 0 Å². The molecule has 0 spiro atoms. The number of halogens is 1. The summed E-state index contributed by atoms with van der Waals surface area (Å²) < 4.78 is 6.63. The van der Waals surface area contributed by atoms with E-state index < -0.39 is 0 Å². The van der Waals surface area contributed by atoms with E-state index in [1.165, 1.54) is 27.8 Å². The van der Waals surface area contributed by atoms with Gasteiger partial charge >= 0.3 is 0 Å². The average molecular weight is 358 g/mol. The van der Waals surface area contributed by atoms with Crippen LogP contribution in [0.1, 0.15) is 32.3 Å². The summed E-state index contributed by atoms with van der Waals surface area (Å²) in [5.41, 5.74) is 1.34. The highest BCUT2D eigenvalue weighted by Gasteiger charge is 2.15. The van der Waals surface area contributed by atoms with Crippen molar-refractivity contribution in [3.05, 3.63) is 28.2 Å². The molecule has 1 aliphatic heterocycles. The van der Waals surface area contributed by atoms with Crippen molar-refractivity contribution in [2.24, 2.45) is 5.92 Å². The Balaban J connectivity index is 1.87. The molecule has 0 bridgehead atoms. The number of nitrogens with one attached hydrogen (secondary N) is 1. The lowest BCUT2D eigenvalue weighted by Gasteiger charge is -2.21. The number of rotatable bonds is 6. The van der Waals surface area contributed by atoms with E-state index >= 15 is 0 Å². The average Bonchev–Trinajstić information content (AvgIpc) is 2.42. The minimum atomic E-state index is 0.692. The molecule has 0 amide bonds. The fourth-order valence-electron chi connectivity index (χ4n) is 2.23. The van der Waals surface area contributed by atoms with Gasteiger partial charge in [0.1, 0.15) is 0 Å². The molecule has 20 heavy (non-hydrogen) atoms. The maximum Gasteiger partial charge on any atom is 0.0476 e. The smallest absolute Gasteiger partial charge is 0.0476 e. The van der Waals surface area contributed by atoms with Gasteiger partial charge in [-0.15, -0.1) is 11.8 Å². The Morgan fingerprint density at radius 2 is 2.10 bits per heavy atom. The van der Waals surface area contributed by atoms with Gasteiger partial charge < -0.3 is 10.1 Å². The monoisotopic (exact) mass is 357 g/mol. The van der Waals surface area contributed by atoms with Crippen LogP contribution in [0, 0.1) is 5.92 Å². The Kier molecular flexibility index (Phi) is 6.88. The van der Waals surface area contributed by atoms with Gasteiger partial charge in [0.25, 0.3) is 0 Å². The minimum absolute atomic E-state index is 0.692. The first-order valence-electron chi connectivity index (χ1n) is 7.38. The zero-order valence-electron chi connectivity index (χ0n) is 12.3. The molecule has 0 aromatic heterocycles. The summed E-state index contributed by atoms with van der Waals surface area (Å²) in [6.07, 6.45) is 2.33. The molecule has 1 heterocycles. The minimum Gasteiger partial charge on any atom is -0.381 e. The summed E-state index contributed by atoms with van der Waals surface area (Å²) in [5.74, 6) is 0.692. The van der Waals surface area contributed by atoms with Crippen LogP contribution < -0.4 is 5.32 Å². The first kappa shape index (κ1) is 16.3. The Bertz CT molecular complexity index is 419. The van der Waals surface area contributed by atoms with Crippen molar-refractivity contribution < 1.29 is 4.74 Å². The lowest BCUT2D eigenvalue weighted by atomic mass is 10.2. The van der Waals surface area contributed by atoms with Gasteiger partial charge in [-0.3, -0.25) is 0 Å². The van der Waals surface area contributed by atoms with Gasteiger partial charge in [-0.25, -0.2) is 0 Å². The maximum absolute atomic E-state index is 5.41. The fraction of sp³-hybridized carbons (Fsp3) is 0.625. The Hall–Kier alpha value is -0.0300. The van der Waals surface area contributed by atoms with Crippen molar-refractivity contribution in [2.75, 3.05) is 19.8 Å². The molecule has 1 saturated heterocycles. The molecule has 1 aromatic rings. The van der Waals surface area contributed by atoms with Crippen LogP contribution in [-0.2, 0) is 11.3 Å². The van der Waals surface area contributed by atoms with E-state index in [-0.39, 0.29) is 0 Å². The Morgan fingerprint density at radius 1 is 1.35 bits per heavy atom. The van der Waals surface area contributed by atoms with Crippen LogP contribution in [0.2, 0.25) is 0 Å². The molecule has 0 saturated carbocycles. The summed E-state index contributed by atoms with van der Waals surface area (Å²) in [4.78, 5) is 1.36. The molecular formula is C16H24BrNOS. The first-order chi connectivity index (χ1) is 9.65. The van der Waals surface area contributed by atoms with Crippen molar-refractivity contribution in [1.29, 1.82) is 0 Å². The molecule has 0 aliphatic carbocycles. The summed E-state index contributed by atoms with van der Waals surface area (Å²) in [5, 5.41) is 4.20. The Morgan fingerprint density at radius 3 is 2.75 bits per heavy atom. The zero-order chi connectivity index (χ0) is 14.4. The molecule has 0 atom stereocenters. The second-order valence-corrected chi connectivity index (χ2v) is 7.94. The number of hydrogen-bond acceptors (Lipinski definition) is 3. The largest absolute Gasteiger partial charge is 0.381 e. The first-order valence-corrected chi connectivity index (χ1v) is 9.06. The fourth-order valence-corrected chi connectivity index (χ4v) is 4.04. The molecule has 112 valence electrons. The molecular weight excluding hydrogens is 334 g/mol. The lowest BCUT2D eigenvalue weighted by molar-refractivity contribution is 0.100. The van der Waals surface area contributed by atoms with E-state index in [9.17, 15) is 0 Å². The molecule has 1 aromatic carbocycles. The molecule has 2 rings (SSSR count). The predicted octanol–water partition coefficient (Wildman–Crippen LogP) is 4.47. The van der Waals surface area contributed by atoms with Crippen molar-refractivity contribution in [2.45, 2.75) is 43.4 Å². The van der Waals surface area contributed by atoms with Crippen LogP contribution in [0.15, 0.2) is 27.6 Å². The highest BCUT2D eigenvalue weighted by atomic mass is 79.9. The quantitative estimate of drug-likeness (QED) is 0.811. The molecule has 2 nitrogen and oxygen atoms in total. The SMILES string of the molecule is CC(C)CNCc1ccc(SC2CCOCC2)cc1Br. The van der Waals surface area contributed by atoms with Crippen molar-refractivity contribution in [3.63, 3.8) is 0 Å². The summed E-state index contributed by atoms with van der Waals surface area (Å²) in [7, 11) is 0.